The van der Waals surface area contributed by atoms with Gasteiger partial charge in [-0.2, -0.15) is 0 Å². The van der Waals surface area contributed by atoms with Crippen molar-refractivity contribution in [1.82, 2.24) is 4.90 Å². The zero-order chi connectivity index (χ0) is 13.8. The van der Waals surface area contributed by atoms with Gasteiger partial charge in [-0.3, -0.25) is 0 Å². The van der Waals surface area contributed by atoms with E-state index in [0.29, 0.717) is 11.5 Å². The molecule has 1 fully saturated rings. The second-order valence-electron chi connectivity index (χ2n) is 7.30. The maximum absolute atomic E-state index is 6.12. The van der Waals surface area contributed by atoms with Crippen LogP contribution in [0.15, 0.2) is 0 Å². The largest absolute Gasteiger partial charge is 0.330 e. The third-order valence-corrected chi connectivity index (χ3v) is 4.77. The van der Waals surface area contributed by atoms with Gasteiger partial charge in [-0.15, -0.1) is 0 Å². The Hall–Kier alpha value is -0.0800. The quantitative estimate of drug-likeness (QED) is 0.786. The molecule has 0 radical (unpaired) electrons. The Balaban J connectivity index is 2.56. The molecule has 1 aliphatic rings. The van der Waals surface area contributed by atoms with Crippen LogP contribution in [-0.2, 0) is 0 Å². The van der Waals surface area contributed by atoms with Crippen molar-refractivity contribution >= 4 is 0 Å². The van der Waals surface area contributed by atoms with Crippen LogP contribution < -0.4 is 5.73 Å². The van der Waals surface area contributed by atoms with E-state index < -0.39 is 0 Å². The lowest BCUT2D eigenvalue weighted by Gasteiger charge is -2.43. The van der Waals surface area contributed by atoms with Crippen molar-refractivity contribution in [3.05, 3.63) is 0 Å². The average molecular weight is 254 g/mol. The smallest absolute Gasteiger partial charge is 0.00665 e. The highest BCUT2D eigenvalue weighted by Crippen LogP contribution is 2.39. The van der Waals surface area contributed by atoms with Gasteiger partial charge >= 0.3 is 0 Å². The van der Waals surface area contributed by atoms with Gasteiger partial charge in [0, 0.05) is 12.6 Å². The van der Waals surface area contributed by atoms with E-state index in [4.69, 9.17) is 5.73 Å². The number of nitrogens with zero attached hydrogens (tertiary/aromatic N) is 1. The molecule has 3 atom stereocenters. The van der Waals surface area contributed by atoms with E-state index >= 15 is 0 Å². The monoisotopic (exact) mass is 254 g/mol. The van der Waals surface area contributed by atoms with E-state index in [-0.39, 0.29) is 0 Å². The first-order chi connectivity index (χ1) is 8.38. The zero-order valence-electron chi connectivity index (χ0n) is 13.2. The third kappa shape index (κ3) is 4.55. The van der Waals surface area contributed by atoms with E-state index in [2.05, 4.69) is 39.6 Å². The molecule has 18 heavy (non-hydrogen) atoms. The lowest BCUT2D eigenvalue weighted by atomic mass is 9.69. The highest BCUT2D eigenvalue weighted by Gasteiger charge is 2.35. The predicted octanol–water partition coefficient (Wildman–Crippen LogP) is 3.51. The fraction of sp³-hybridized carbons (Fsp3) is 1.00. The summed E-state index contributed by atoms with van der Waals surface area (Å²) in [6.45, 7) is 11.4. The van der Waals surface area contributed by atoms with E-state index in [1.807, 2.05) is 0 Å². The average Bonchev–Trinajstić information content (AvgIpc) is 2.28. The Morgan fingerprint density at radius 1 is 1.33 bits per heavy atom. The molecule has 0 aromatic rings. The molecule has 0 saturated heterocycles. The molecule has 1 aliphatic carbocycles. The van der Waals surface area contributed by atoms with Gasteiger partial charge in [0.25, 0.3) is 0 Å². The number of hydrogen-bond donors (Lipinski definition) is 1. The van der Waals surface area contributed by atoms with Crippen LogP contribution in [0.2, 0.25) is 0 Å². The number of rotatable bonds is 6. The van der Waals surface area contributed by atoms with Crippen LogP contribution in [0, 0.1) is 17.3 Å². The fourth-order valence-electron chi connectivity index (χ4n) is 3.71. The summed E-state index contributed by atoms with van der Waals surface area (Å²) < 4.78 is 0. The Kier molecular flexibility index (Phi) is 6.13. The van der Waals surface area contributed by atoms with Crippen LogP contribution in [0.4, 0.5) is 0 Å². The fourth-order valence-corrected chi connectivity index (χ4v) is 3.71. The van der Waals surface area contributed by atoms with E-state index in [1.54, 1.807) is 0 Å². The second kappa shape index (κ2) is 6.91. The molecular weight excluding hydrogens is 220 g/mol. The molecule has 0 spiro atoms. The van der Waals surface area contributed by atoms with Gasteiger partial charge in [0.1, 0.15) is 0 Å². The minimum absolute atomic E-state index is 0.387. The van der Waals surface area contributed by atoms with Gasteiger partial charge in [-0.05, 0) is 57.0 Å². The van der Waals surface area contributed by atoms with Gasteiger partial charge < -0.3 is 10.6 Å². The molecule has 2 heteroatoms. The Morgan fingerprint density at radius 2 is 2.00 bits per heavy atom. The minimum atomic E-state index is 0.387. The summed E-state index contributed by atoms with van der Waals surface area (Å²) in [7, 11) is 2.28. The van der Waals surface area contributed by atoms with Gasteiger partial charge in [0.2, 0.25) is 0 Å². The number of nitrogens with two attached hydrogens (primary N) is 1. The molecule has 108 valence electrons. The second-order valence-corrected chi connectivity index (χ2v) is 7.30. The summed E-state index contributed by atoms with van der Waals surface area (Å²) >= 11 is 0. The van der Waals surface area contributed by atoms with Gasteiger partial charge in [-0.1, -0.05) is 33.6 Å². The summed E-state index contributed by atoms with van der Waals surface area (Å²) in [5.74, 6) is 1.64. The summed E-state index contributed by atoms with van der Waals surface area (Å²) in [5.41, 5.74) is 6.51. The maximum Gasteiger partial charge on any atom is 0.00665 e. The Labute approximate surface area is 114 Å². The summed E-state index contributed by atoms with van der Waals surface area (Å²) in [6, 6.07) is 0.672. The van der Waals surface area contributed by atoms with Crippen LogP contribution >= 0.6 is 0 Å². The van der Waals surface area contributed by atoms with Crippen LogP contribution in [0.5, 0.6) is 0 Å². The van der Waals surface area contributed by atoms with Crippen LogP contribution in [0.25, 0.3) is 0 Å². The molecule has 1 rings (SSSR count). The first-order valence-corrected chi connectivity index (χ1v) is 7.79. The van der Waals surface area contributed by atoms with Crippen molar-refractivity contribution in [2.45, 2.75) is 65.8 Å². The molecule has 1 saturated carbocycles. The standard InChI is InChI=1S/C16H34N2/c1-13(2)9-15(4)18(5)12-16(11-17)8-6-7-14(3)10-16/h13-15H,6-12,17H2,1-5H3. The molecule has 0 aliphatic heterocycles. The third-order valence-electron chi connectivity index (χ3n) is 4.77. The lowest BCUT2D eigenvalue weighted by molar-refractivity contribution is 0.0789. The van der Waals surface area contributed by atoms with Crippen molar-refractivity contribution in [2.75, 3.05) is 20.1 Å². The molecule has 0 bridgehead atoms. The molecule has 0 aromatic heterocycles. The van der Waals surface area contributed by atoms with Crippen LogP contribution in [0.1, 0.15) is 59.8 Å². The lowest BCUT2D eigenvalue weighted by Crippen LogP contribution is -2.46. The summed E-state index contributed by atoms with van der Waals surface area (Å²) in [4.78, 5) is 2.55. The molecular formula is C16H34N2. The summed E-state index contributed by atoms with van der Waals surface area (Å²) in [5, 5.41) is 0. The Morgan fingerprint density at radius 3 is 2.50 bits per heavy atom. The van der Waals surface area contributed by atoms with Crippen molar-refractivity contribution in [2.24, 2.45) is 23.0 Å². The molecule has 0 heterocycles. The summed E-state index contributed by atoms with van der Waals surface area (Å²) in [6.07, 6.45) is 6.69. The van der Waals surface area contributed by atoms with Gasteiger partial charge in [0.15, 0.2) is 0 Å². The van der Waals surface area contributed by atoms with Crippen molar-refractivity contribution in [3.8, 4) is 0 Å². The first kappa shape index (κ1) is 16.0. The maximum atomic E-state index is 6.12. The predicted molar refractivity (Wildman–Crippen MR) is 80.7 cm³/mol. The van der Waals surface area contributed by atoms with E-state index in [9.17, 15) is 0 Å². The normalized spacial score (nSPS) is 31.0. The molecule has 2 nitrogen and oxygen atoms in total. The molecule has 0 amide bonds. The van der Waals surface area contributed by atoms with Crippen molar-refractivity contribution in [3.63, 3.8) is 0 Å². The van der Waals surface area contributed by atoms with Crippen LogP contribution in [0.3, 0.4) is 0 Å². The van der Waals surface area contributed by atoms with E-state index in [0.717, 1.165) is 18.4 Å². The van der Waals surface area contributed by atoms with Crippen molar-refractivity contribution < 1.29 is 0 Å². The minimum Gasteiger partial charge on any atom is -0.330 e. The molecule has 0 aromatic carbocycles. The first-order valence-electron chi connectivity index (χ1n) is 7.79. The van der Waals surface area contributed by atoms with E-state index in [1.165, 1.54) is 38.6 Å². The highest BCUT2D eigenvalue weighted by molar-refractivity contribution is 4.89. The highest BCUT2D eigenvalue weighted by atomic mass is 15.1. The Bertz CT molecular complexity index is 239. The zero-order valence-corrected chi connectivity index (χ0v) is 13.2. The van der Waals surface area contributed by atoms with Crippen molar-refractivity contribution in [1.29, 1.82) is 0 Å². The SMILES string of the molecule is CC(C)CC(C)N(C)CC1(CN)CCCC(C)C1. The van der Waals surface area contributed by atoms with Gasteiger partial charge in [0.05, 0.1) is 0 Å². The molecule has 3 unspecified atom stereocenters. The number of hydrogen-bond acceptors (Lipinski definition) is 2. The van der Waals surface area contributed by atoms with Crippen LogP contribution in [-0.4, -0.2) is 31.1 Å². The van der Waals surface area contributed by atoms with Gasteiger partial charge in [-0.25, -0.2) is 0 Å². The molecule has 2 N–H and O–H groups in total. The topological polar surface area (TPSA) is 29.3 Å².